The maximum absolute atomic E-state index is 11.8. The Bertz CT molecular complexity index is 744. The van der Waals surface area contributed by atoms with E-state index in [1.807, 2.05) is 6.92 Å². The van der Waals surface area contributed by atoms with Crippen molar-refractivity contribution in [2.24, 2.45) is 0 Å². The van der Waals surface area contributed by atoms with Crippen LogP contribution in [0, 0.1) is 17.0 Å². The third-order valence-electron chi connectivity index (χ3n) is 4.04. The maximum Gasteiger partial charge on any atom is 0.334 e. The van der Waals surface area contributed by atoms with Crippen molar-refractivity contribution in [1.29, 1.82) is 0 Å². The Labute approximate surface area is 159 Å². The zero-order valence-electron chi connectivity index (χ0n) is 15.4. The highest BCUT2D eigenvalue weighted by Crippen LogP contribution is 2.35. The molecule has 6 nitrogen and oxygen atoms in total. The standard InChI is InChI=1S/C19H25ClN4O2/c1-4-6-15(7-5-2)22-17-12-13(3)21-19(18(17)24(25)26)23-16-10-8-14(20)9-11-16/h8-12,15H,4-7H2,1-3H3,(H2,21,22,23). The molecule has 26 heavy (non-hydrogen) atoms. The van der Waals surface area contributed by atoms with Crippen LogP contribution in [0.5, 0.6) is 0 Å². The molecule has 2 N–H and O–H groups in total. The summed E-state index contributed by atoms with van der Waals surface area (Å²) in [5.74, 6) is 0.228. The van der Waals surface area contributed by atoms with Gasteiger partial charge in [-0.3, -0.25) is 10.1 Å². The Morgan fingerprint density at radius 2 is 1.81 bits per heavy atom. The third kappa shape index (κ3) is 5.33. The third-order valence-corrected chi connectivity index (χ3v) is 4.30. The monoisotopic (exact) mass is 376 g/mol. The van der Waals surface area contributed by atoms with E-state index in [4.69, 9.17) is 11.6 Å². The highest BCUT2D eigenvalue weighted by molar-refractivity contribution is 6.30. The molecule has 7 heteroatoms. The van der Waals surface area contributed by atoms with Gasteiger partial charge in [0.2, 0.25) is 5.82 Å². The topological polar surface area (TPSA) is 80.1 Å². The second-order valence-electron chi connectivity index (χ2n) is 6.32. The predicted molar refractivity (Wildman–Crippen MR) is 108 cm³/mol. The van der Waals surface area contributed by atoms with Crippen molar-refractivity contribution in [3.63, 3.8) is 0 Å². The molecule has 2 aromatic rings. The molecule has 1 aromatic carbocycles. The molecule has 0 atom stereocenters. The van der Waals surface area contributed by atoms with Crippen molar-refractivity contribution in [2.75, 3.05) is 10.6 Å². The summed E-state index contributed by atoms with van der Waals surface area (Å²) in [6.07, 6.45) is 3.97. The zero-order chi connectivity index (χ0) is 19.1. The van der Waals surface area contributed by atoms with Crippen molar-refractivity contribution in [3.05, 3.63) is 51.2 Å². The van der Waals surface area contributed by atoms with Crippen LogP contribution >= 0.6 is 11.6 Å². The number of aromatic nitrogens is 1. The zero-order valence-corrected chi connectivity index (χ0v) is 16.1. The molecule has 0 saturated carbocycles. The number of nitrogens with one attached hydrogen (secondary N) is 2. The number of nitro groups is 1. The number of nitrogens with zero attached hydrogens (tertiary/aromatic N) is 2. The van der Waals surface area contributed by atoms with E-state index >= 15 is 0 Å². The molecule has 0 spiro atoms. The van der Waals surface area contributed by atoms with E-state index < -0.39 is 0 Å². The number of pyridine rings is 1. The minimum absolute atomic E-state index is 0.0391. The lowest BCUT2D eigenvalue weighted by atomic mass is 10.1. The van der Waals surface area contributed by atoms with Crippen LogP contribution in [0.3, 0.4) is 0 Å². The van der Waals surface area contributed by atoms with Crippen molar-refractivity contribution >= 4 is 34.5 Å². The van der Waals surface area contributed by atoms with Gasteiger partial charge in [0.15, 0.2) is 0 Å². The van der Waals surface area contributed by atoms with Gasteiger partial charge in [0, 0.05) is 22.4 Å². The summed E-state index contributed by atoms with van der Waals surface area (Å²) in [6.45, 7) is 6.06. The molecule has 0 aliphatic carbocycles. The Hall–Kier alpha value is -2.34. The summed E-state index contributed by atoms with van der Waals surface area (Å²) in [4.78, 5) is 15.7. The van der Waals surface area contributed by atoms with Gasteiger partial charge in [-0.2, -0.15) is 0 Å². The first kappa shape index (κ1) is 20.0. The highest BCUT2D eigenvalue weighted by atomic mass is 35.5. The van der Waals surface area contributed by atoms with Crippen LogP contribution in [0.25, 0.3) is 0 Å². The van der Waals surface area contributed by atoms with Gasteiger partial charge in [-0.25, -0.2) is 4.98 Å². The lowest BCUT2D eigenvalue weighted by Gasteiger charge is -2.20. The van der Waals surface area contributed by atoms with Gasteiger partial charge in [-0.05, 0) is 50.1 Å². The molecule has 0 saturated heterocycles. The van der Waals surface area contributed by atoms with E-state index in [2.05, 4.69) is 29.5 Å². The molecule has 0 radical (unpaired) electrons. The molecule has 0 aliphatic heterocycles. The number of hydrogen-bond acceptors (Lipinski definition) is 5. The summed E-state index contributed by atoms with van der Waals surface area (Å²) < 4.78 is 0. The molecule has 0 fully saturated rings. The largest absolute Gasteiger partial charge is 0.377 e. The van der Waals surface area contributed by atoms with Crippen LogP contribution in [0.2, 0.25) is 5.02 Å². The van der Waals surface area contributed by atoms with E-state index in [9.17, 15) is 10.1 Å². The first-order valence-corrected chi connectivity index (χ1v) is 9.27. The molecule has 0 amide bonds. The first-order valence-electron chi connectivity index (χ1n) is 8.89. The Kier molecular flexibility index (Phi) is 7.21. The number of aryl methyl sites for hydroxylation is 1. The summed E-state index contributed by atoms with van der Waals surface area (Å²) in [5, 5.41) is 18.8. The number of benzene rings is 1. The SMILES string of the molecule is CCCC(CCC)Nc1cc(C)nc(Nc2ccc(Cl)cc2)c1[N+](=O)[O-]. The van der Waals surface area contributed by atoms with Crippen LogP contribution in [0.1, 0.15) is 45.2 Å². The number of halogens is 1. The van der Waals surface area contributed by atoms with Crippen LogP contribution < -0.4 is 10.6 Å². The van der Waals surface area contributed by atoms with Gasteiger partial charge < -0.3 is 10.6 Å². The number of rotatable bonds is 9. The van der Waals surface area contributed by atoms with Gasteiger partial charge in [-0.1, -0.05) is 38.3 Å². The normalized spacial score (nSPS) is 10.8. The van der Waals surface area contributed by atoms with Gasteiger partial charge in [0.1, 0.15) is 5.69 Å². The molecule has 140 valence electrons. The van der Waals surface area contributed by atoms with Gasteiger partial charge in [-0.15, -0.1) is 0 Å². The molecule has 1 heterocycles. The number of hydrogen-bond donors (Lipinski definition) is 2. The highest BCUT2D eigenvalue weighted by Gasteiger charge is 2.24. The predicted octanol–water partition coefficient (Wildman–Crippen LogP) is 6.08. The Balaban J connectivity index is 2.40. The fourth-order valence-corrected chi connectivity index (χ4v) is 3.05. The van der Waals surface area contributed by atoms with E-state index in [-0.39, 0.29) is 22.5 Å². The summed E-state index contributed by atoms with van der Waals surface area (Å²) in [6, 6.07) is 8.92. The van der Waals surface area contributed by atoms with Crippen molar-refractivity contribution in [1.82, 2.24) is 4.98 Å². The second kappa shape index (κ2) is 9.38. The molecular weight excluding hydrogens is 352 g/mol. The Morgan fingerprint density at radius 3 is 2.35 bits per heavy atom. The Morgan fingerprint density at radius 1 is 1.19 bits per heavy atom. The summed E-state index contributed by atoms with van der Waals surface area (Å²) >= 11 is 5.90. The average Bonchev–Trinajstić information content (AvgIpc) is 2.56. The van der Waals surface area contributed by atoms with Crippen molar-refractivity contribution < 1.29 is 4.92 Å². The van der Waals surface area contributed by atoms with Crippen molar-refractivity contribution in [3.8, 4) is 0 Å². The summed E-state index contributed by atoms with van der Waals surface area (Å²) in [5.41, 5.74) is 1.87. The van der Waals surface area contributed by atoms with Gasteiger partial charge >= 0.3 is 5.69 Å². The minimum atomic E-state index is -0.387. The number of anilines is 3. The molecule has 0 unspecified atom stereocenters. The first-order chi connectivity index (χ1) is 12.4. The molecule has 1 aromatic heterocycles. The van der Waals surface area contributed by atoms with Crippen LogP contribution in [0.15, 0.2) is 30.3 Å². The summed E-state index contributed by atoms with van der Waals surface area (Å²) in [7, 11) is 0. The minimum Gasteiger partial charge on any atom is -0.377 e. The van der Waals surface area contributed by atoms with E-state index in [1.54, 1.807) is 30.3 Å². The smallest absolute Gasteiger partial charge is 0.334 e. The van der Waals surface area contributed by atoms with Crippen molar-refractivity contribution in [2.45, 2.75) is 52.5 Å². The van der Waals surface area contributed by atoms with Gasteiger partial charge in [0.05, 0.1) is 4.92 Å². The molecular formula is C19H25ClN4O2. The molecule has 2 rings (SSSR count). The molecule has 0 aliphatic rings. The average molecular weight is 377 g/mol. The lowest BCUT2D eigenvalue weighted by molar-refractivity contribution is -0.383. The van der Waals surface area contributed by atoms with Crippen LogP contribution in [0.4, 0.5) is 22.9 Å². The van der Waals surface area contributed by atoms with Crippen LogP contribution in [-0.4, -0.2) is 15.9 Å². The second-order valence-corrected chi connectivity index (χ2v) is 6.75. The van der Waals surface area contributed by atoms with Crippen LogP contribution in [-0.2, 0) is 0 Å². The maximum atomic E-state index is 11.8. The lowest BCUT2D eigenvalue weighted by Crippen LogP contribution is -2.20. The fraction of sp³-hybridized carbons (Fsp3) is 0.421. The van der Waals surface area contributed by atoms with E-state index in [0.29, 0.717) is 22.1 Å². The quantitative estimate of drug-likeness (QED) is 0.409. The van der Waals surface area contributed by atoms with E-state index in [0.717, 1.165) is 25.7 Å². The molecule has 0 bridgehead atoms. The van der Waals surface area contributed by atoms with E-state index in [1.165, 1.54) is 0 Å². The fourth-order valence-electron chi connectivity index (χ4n) is 2.92. The van der Waals surface area contributed by atoms with Gasteiger partial charge in [0.25, 0.3) is 0 Å².